The van der Waals surface area contributed by atoms with E-state index in [4.69, 9.17) is 0 Å². The van der Waals surface area contributed by atoms with E-state index in [2.05, 4.69) is 13.8 Å². The highest BCUT2D eigenvalue weighted by Gasteiger charge is 1.89. The normalized spacial score (nSPS) is 11.5. The monoisotopic (exact) mass is 188 g/mol. The minimum Gasteiger partial charge on any atom is -0.122 e. The van der Waals surface area contributed by atoms with Gasteiger partial charge in [0, 0.05) is 0 Å². The van der Waals surface area contributed by atoms with Gasteiger partial charge in [-0.2, -0.15) is 0 Å². The molecule has 0 rings (SSSR count). The summed E-state index contributed by atoms with van der Waals surface area (Å²) in [6.07, 6.45) is 13.1. The highest BCUT2D eigenvalue weighted by Crippen LogP contribution is 2.16. The van der Waals surface area contributed by atoms with Crippen molar-refractivity contribution in [3.63, 3.8) is 0 Å². The second-order valence-corrected chi connectivity index (χ2v) is 5.02. The molecule has 0 aromatic heterocycles. The maximum atomic E-state index is 2.28. The van der Waals surface area contributed by atoms with Crippen molar-refractivity contribution in [1.29, 1.82) is 0 Å². The highest BCUT2D eigenvalue weighted by atomic mass is 31.1. The maximum absolute atomic E-state index is 2.28. The Balaban J connectivity index is 2.73. The first-order valence-electron chi connectivity index (χ1n) is 5.62. The third kappa shape index (κ3) is 10.4. The van der Waals surface area contributed by atoms with Crippen molar-refractivity contribution in [1.82, 2.24) is 0 Å². The van der Waals surface area contributed by atoms with E-state index < -0.39 is 0 Å². The highest BCUT2D eigenvalue weighted by molar-refractivity contribution is 7.37. The van der Waals surface area contributed by atoms with Gasteiger partial charge in [-0.05, 0) is 25.2 Å². The second-order valence-electron chi connectivity index (χ2n) is 3.52. The topological polar surface area (TPSA) is 0 Å². The van der Waals surface area contributed by atoms with Crippen LogP contribution < -0.4 is 0 Å². The second kappa shape index (κ2) is 11.4. The van der Waals surface area contributed by atoms with Crippen molar-refractivity contribution in [2.45, 2.75) is 58.8 Å². The van der Waals surface area contributed by atoms with Crippen LogP contribution in [-0.4, -0.2) is 12.3 Å². The van der Waals surface area contributed by atoms with Crippen molar-refractivity contribution >= 4 is 8.58 Å². The molecule has 12 heavy (non-hydrogen) atoms. The van der Waals surface area contributed by atoms with Crippen molar-refractivity contribution in [3.8, 4) is 0 Å². The van der Waals surface area contributed by atoms with Gasteiger partial charge in [0.1, 0.15) is 0 Å². The lowest BCUT2D eigenvalue weighted by atomic mass is 10.2. The number of hydrogen-bond donors (Lipinski definition) is 0. The van der Waals surface area contributed by atoms with Gasteiger partial charge < -0.3 is 0 Å². The fraction of sp³-hybridized carbons (Fsp3) is 1.00. The van der Waals surface area contributed by atoms with Crippen LogP contribution in [0.2, 0.25) is 0 Å². The summed E-state index contributed by atoms with van der Waals surface area (Å²) in [5, 5.41) is 0. The fourth-order valence-electron chi connectivity index (χ4n) is 1.30. The summed E-state index contributed by atoms with van der Waals surface area (Å²) in [5.41, 5.74) is 0. The molecule has 0 radical (unpaired) electrons. The molecule has 0 amide bonds. The summed E-state index contributed by atoms with van der Waals surface area (Å²) in [7, 11) is 1.25. The number of rotatable bonds is 9. The molecule has 1 heteroatoms. The summed E-state index contributed by atoms with van der Waals surface area (Å²) < 4.78 is 0. The molecular weight excluding hydrogens is 163 g/mol. The van der Waals surface area contributed by atoms with Crippen LogP contribution in [-0.2, 0) is 0 Å². The van der Waals surface area contributed by atoms with Crippen LogP contribution in [0, 0.1) is 0 Å². The number of hydrogen-bond acceptors (Lipinski definition) is 0. The van der Waals surface area contributed by atoms with Gasteiger partial charge in [-0.25, -0.2) is 0 Å². The van der Waals surface area contributed by atoms with E-state index >= 15 is 0 Å². The van der Waals surface area contributed by atoms with Crippen LogP contribution >= 0.6 is 8.58 Å². The lowest BCUT2D eigenvalue weighted by molar-refractivity contribution is 0.704. The van der Waals surface area contributed by atoms with Crippen LogP contribution in [0.25, 0.3) is 0 Å². The van der Waals surface area contributed by atoms with E-state index in [0.29, 0.717) is 0 Å². The molecule has 0 nitrogen and oxygen atoms in total. The molecule has 0 aromatic rings. The molecule has 1 unspecified atom stereocenters. The Morgan fingerprint density at radius 1 is 0.667 bits per heavy atom. The van der Waals surface area contributed by atoms with E-state index in [0.717, 1.165) is 0 Å². The smallest absolute Gasteiger partial charge is 0.0353 e. The van der Waals surface area contributed by atoms with Crippen LogP contribution in [0.15, 0.2) is 0 Å². The first-order valence-corrected chi connectivity index (χ1v) is 7.04. The van der Waals surface area contributed by atoms with E-state index in [9.17, 15) is 0 Å². The van der Waals surface area contributed by atoms with Crippen molar-refractivity contribution in [2.24, 2.45) is 0 Å². The molecule has 1 atom stereocenters. The molecular formula is C11H25P. The summed E-state index contributed by atoms with van der Waals surface area (Å²) in [6.45, 7) is 4.56. The Morgan fingerprint density at radius 2 is 1.17 bits per heavy atom. The molecule has 0 aliphatic rings. The summed E-state index contributed by atoms with van der Waals surface area (Å²) in [6, 6.07) is 0. The van der Waals surface area contributed by atoms with Crippen molar-refractivity contribution in [3.05, 3.63) is 0 Å². The fourth-order valence-corrected chi connectivity index (χ4v) is 2.55. The molecule has 0 spiro atoms. The van der Waals surface area contributed by atoms with Gasteiger partial charge in [0.2, 0.25) is 0 Å². The summed E-state index contributed by atoms with van der Waals surface area (Å²) >= 11 is 0. The van der Waals surface area contributed by atoms with Crippen LogP contribution in [0.4, 0.5) is 0 Å². The Labute approximate surface area is 80.3 Å². The van der Waals surface area contributed by atoms with Gasteiger partial charge in [-0.15, -0.1) is 8.58 Å². The zero-order valence-electron chi connectivity index (χ0n) is 8.86. The van der Waals surface area contributed by atoms with Gasteiger partial charge in [-0.3, -0.25) is 0 Å². The lowest BCUT2D eigenvalue weighted by Gasteiger charge is -2.00. The maximum Gasteiger partial charge on any atom is -0.0353 e. The number of unbranched alkanes of at least 4 members (excludes halogenated alkanes) is 5. The molecule has 0 aliphatic heterocycles. The van der Waals surface area contributed by atoms with Crippen LogP contribution in [0.1, 0.15) is 58.8 Å². The van der Waals surface area contributed by atoms with E-state index in [1.54, 1.807) is 0 Å². The van der Waals surface area contributed by atoms with E-state index in [1.807, 2.05) is 0 Å². The Hall–Kier alpha value is 0.430. The minimum absolute atomic E-state index is 1.25. The van der Waals surface area contributed by atoms with Crippen LogP contribution in [0.3, 0.4) is 0 Å². The quantitative estimate of drug-likeness (QED) is 0.371. The average molecular weight is 188 g/mol. The zero-order chi connectivity index (χ0) is 9.07. The molecule has 0 saturated carbocycles. The molecule has 0 saturated heterocycles. The third-order valence-corrected chi connectivity index (χ3v) is 3.58. The first kappa shape index (κ1) is 12.4. The molecule has 0 aromatic carbocycles. The van der Waals surface area contributed by atoms with Gasteiger partial charge in [0.25, 0.3) is 0 Å². The predicted octanol–water partition coefficient (Wildman–Crippen LogP) is 4.44. The van der Waals surface area contributed by atoms with Crippen molar-refractivity contribution < 1.29 is 0 Å². The first-order chi connectivity index (χ1) is 5.91. The van der Waals surface area contributed by atoms with Gasteiger partial charge in [0.15, 0.2) is 0 Å². The molecule has 74 valence electrons. The predicted molar refractivity (Wildman–Crippen MR) is 61.7 cm³/mol. The summed E-state index contributed by atoms with van der Waals surface area (Å²) in [5.74, 6) is 0. The van der Waals surface area contributed by atoms with E-state index in [-0.39, 0.29) is 0 Å². The molecule has 0 fully saturated rings. The molecule has 0 heterocycles. The van der Waals surface area contributed by atoms with E-state index in [1.165, 1.54) is 65.9 Å². The Kier molecular flexibility index (Phi) is 11.8. The van der Waals surface area contributed by atoms with Gasteiger partial charge in [0.05, 0.1) is 0 Å². The zero-order valence-corrected chi connectivity index (χ0v) is 9.86. The SMILES string of the molecule is CCCCCCPCCCCC. The van der Waals surface area contributed by atoms with Crippen molar-refractivity contribution in [2.75, 3.05) is 12.3 Å². The molecule has 0 bridgehead atoms. The average Bonchev–Trinajstić information content (AvgIpc) is 2.10. The Morgan fingerprint density at radius 3 is 1.75 bits per heavy atom. The minimum atomic E-state index is 1.25. The largest absolute Gasteiger partial charge is 0.122 e. The standard InChI is InChI=1S/C11H25P/c1-3-5-7-9-11-12-10-8-6-4-2/h12H,3-11H2,1-2H3. The molecule has 0 aliphatic carbocycles. The van der Waals surface area contributed by atoms with Gasteiger partial charge in [-0.1, -0.05) is 46.0 Å². The third-order valence-electron chi connectivity index (χ3n) is 2.16. The summed E-state index contributed by atoms with van der Waals surface area (Å²) in [4.78, 5) is 0. The Bertz CT molecular complexity index is 61.4. The van der Waals surface area contributed by atoms with Crippen LogP contribution in [0.5, 0.6) is 0 Å². The molecule has 0 N–H and O–H groups in total. The lowest BCUT2D eigenvalue weighted by Crippen LogP contribution is -1.82. The van der Waals surface area contributed by atoms with Gasteiger partial charge >= 0.3 is 0 Å².